The number of carbonyl (C=O) groups excluding carboxylic acids is 2. The number of carbonyl (C=O) groups is 2. The van der Waals surface area contributed by atoms with Gasteiger partial charge >= 0.3 is 6.03 Å². The lowest BCUT2D eigenvalue weighted by molar-refractivity contribution is -0.123. The van der Waals surface area contributed by atoms with Crippen LogP contribution in [0.3, 0.4) is 0 Å². The zero-order chi connectivity index (χ0) is 11.4. The number of urea groups is 1. The Morgan fingerprint density at radius 2 is 2.13 bits per heavy atom. The fourth-order valence-corrected chi connectivity index (χ4v) is 1.73. The molecule has 0 aromatic heterocycles. The number of primary amides is 1. The third-order valence-electron chi connectivity index (χ3n) is 2.52. The Kier molecular flexibility index (Phi) is 3.94. The van der Waals surface area contributed by atoms with Crippen molar-refractivity contribution >= 4 is 11.9 Å². The van der Waals surface area contributed by atoms with Gasteiger partial charge in [-0.2, -0.15) is 0 Å². The summed E-state index contributed by atoms with van der Waals surface area (Å²) in [5.74, 6) is -0.492. The van der Waals surface area contributed by atoms with Gasteiger partial charge in [0.1, 0.15) is 0 Å². The second-order valence-electron chi connectivity index (χ2n) is 4.29. The Morgan fingerprint density at radius 1 is 1.47 bits per heavy atom. The molecule has 3 amide bonds. The van der Waals surface area contributed by atoms with E-state index in [1.54, 1.807) is 4.90 Å². The zero-order valence-electron chi connectivity index (χ0n) is 9.32. The van der Waals surface area contributed by atoms with Crippen molar-refractivity contribution in [3.8, 4) is 0 Å². The molecule has 15 heavy (non-hydrogen) atoms. The largest absolute Gasteiger partial charge is 0.369 e. The van der Waals surface area contributed by atoms with Crippen LogP contribution in [0.15, 0.2) is 0 Å². The van der Waals surface area contributed by atoms with Gasteiger partial charge in [0.05, 0.1) is 5.92 Å². The molecule has 0 saturated carbocycles. The summed E-state index contributed by atoms with van der Waals surface area (Å²) in [6, 6.07) is 0.0161. The fraction of sp³-hybridized carbons (Fsp3) is 0.800. The van der Waals surface area contributed by atoms with E-state index in [0.29, 0.717) is 13.1 Å². The van der Waals surface area contributed by atoms with Crippen LogP contribution < -0.4 is 11.1 Å². The maximum absolute atomic E-state index is 11.6. The topological polar surface area (TPSA) is 75.4 Å². The van der Waals surface area contributed by atoms with E-state index in [9.17, 15) is 9.59 Å². The summed E-state index contributed by atoms with van der Waals surface area (Å²) in [6.07, 6.45) is 1.64. The lowest BCUT2D eigenvalue weighted by atomic mass is 9.98. The molecule has 1 atom stereocenters. The van der Waals surface area contributed by atoms with Gasteiger partial charge in [-0.05, 0) is 26.7 Å². The zero-order valence-corrected chi connectivity index (χ0v) is 9.32. The van der Waals surface area contributed by atoms with Crippen LogP contribution in [0.4, 0.5) is 4.79 Å². The van der Waals surface area contributed by atoms with E-state index < -0.39 is 0 Å². The normalized spacial score (nSPS) is 21.5. The lowest BCUT2D eigenvalue weighted by Crippen LogP contribution is -2.49. The molecule has 0 spiro atoms. The third-order valence-corrected chi connectivity index (χ3v) is 2.52. The molecule has 1 aliphatic rings. The SMILES string of the molecule is CC(C)NC(=O)N1CCCC(C(N)=O)C1. The molecule has 0 aromatic carbocycles. The van der Waals surface area contributed by atoms with Gasteiger partial charge in [-0.25, -0.2) is 4.79 Å². The number of rotatable bonds is 2. The van der Waals surface area contributed by atoms with E-state index in [1.807, 2.05) is 13.8 Å². The van der Waals surface area contributed by atoms with Crippen LogP contribution in [0.5, 0.6) is 0 Å². The Balaban J connectivity index is 2.48. The van der Waals surface area contributed by atoms with Crippen LogP contribution in [0.1, 0.15) is 26.7 Å². The molecule has 5 nitrogen and oxygen atoms in total. The molecular weight excluding hydrogens is 194 g/mol. The van der Waals surface area contributed by atoms with Gasteiger partial charge in [0.2, 0.25) is 5.91 Å². The maximum Gasteiger partial charge on any atom is 0.317 e. The number of hydrogen-bond donors (Lipinski definition) is 2. The second kappa shape index (κ2) is 5.00. The van der Waals surface area contributed by atoms with Crippen molar-refractivity contribution in [2.75, 3.05) is 13.1 Å². The first-order chi connectivity index (χ1) is 7.00. The average Bonchev–Trinajstić information content (AvgIpc) is 2.17. The molecule has 86 valence electrons. The minimum absolute atomic E-state index is 0.101. The van der Waals surface area contributed by atoms with Gasteiger partial charge in [0, 0.05) is 19.1 Å². The summed E-state index contributed by atoms with van der Waals surface area (Å²) < 4.78 is 0. The van der Waals surface area contributed by atoms with Crippen LogP contribution in [0, 0.1) is 5.92 Å². The molecule has 5 heteroatoms. The van der Waals surface area contributed by atoms with Crippen LogP contribution in [-0.4, -0.2) is 36.0 Å². The van der Waals surface area contributed by atoms with Crippen molar-refractivity contribution in [3.63, 3.8) is 0 Å². The predicted octanol–water partition coefficient (Wildman–Crippen LogP) is 0.302. The highest BCUT2D eigenvalue weighted by Crippen LogP contribution is 2.15. The molecule has 1 rings (SSSR count). The molecule has 1 unspecified atom stereocenters. The van der Waals surface area contributed by atoms with Gasteiger partial charge < -0.3 is 16.0 Å². The Morgan fingerprint density at radius 3 is 2.67 bits per heavy atom. The van der Waals surface area contributed by atoms with Crippen LogP contribution in [0.25, 0.3) is 0 Å². The molecule has 0 bridgehead atoms. The molecule has 1 aliphatic heterocycles. The summed E-state index contributed by atoms with van der Waals surface area (Å²) in [4.78, 5) is 24.3. The summed E-state index contributed by atoms with van der Waals surface area (Å²) >= 11 is 0. The number of amides is 3. The lowest BCUT2D eigenvalue weighted by Gasteiger charge is -2.31. The quantitative estimate of drug-likeness (QED) is 0.692. The number of nitrogens with zero attached hydrogens (tertiary/aromatic N) is 1. The first-order valence-electron chi connectivity index (χ1n) is 5.35. The standard InChI is InChI=1S/C10H19N3O2/c1-7(2)12-10(15)13-5-3-4-8(6-13)9(11)14/h7-8H,3-6H2,1-2H3,(H2,11,14)(H,12,15). The van der Waals surface area contributed by atoms with Crippen LogP contribution in [0.2, 0.25) is 0 Å². The van der Waals surface area contributed by atoms with Crippen molar-refractivity contribution < 1.29 is 9.59 Å². The van der Waals surface area contributed by atoms with E-state index in [2.05, 4.69) is 5.32 Å². The van der Waals surface area contributed by atoms with Crippen molar-refractivity contribution in [3.05, 3.63) is 0 Å². The fourth-order valence-electron chi connectivity index (χ4n) is 1.73. The summed E-state index contributed by atoms with van der Waals surface area (Å²) in [7, 11) is 0. The van der Waals surface area contributed by atoms with Gasteiger partial charge in [-0.1, -0.05) is 0 Å². The van der Waals surface area contributed by atoms with Crippen LogP contribution >= 0.6 is 0 Å². The van der Waals surface area contributed by atoms with E-state index in [4.69, 9.17) is 5.73 Å². The molecular formula is C10H19N3O2. The van der Waals surface area contributed by atoms with Gasteiger partial charge in [-0.3, -0.25) is 4.79 Å². The smallest absolute Gasteiger partial charge is 0.317 e. The van der Waals surface area contributed by atoms with Crippen molar-refractivity contribution in [1.82, 2.24) is 10.2 Å². The third kappa shape index (κ3) is 3.42. The highest BCUT2D eigenvalue weighted by molar-refractivity contribution is 5.79. The molecule has 1 heterocycles. The highest BCUT2D eigenvalue weighted by Gasteiger charge is 2.26. The van der Waals surface area contributed by atoms with Gasteiger partial charge in [-0.15, -0.1) is 0 Å². The summed E-state index contributed by atoms with van der Waals surface area (Å²) in [5, 5.41) is 2.81. The van der Waals surface area contributed by atoms with E-state index in [-0.39, 0.29) is 23.9 Å². The Labute approximate surface area is 90.0 Å². The number of hydrogen-bond acceptors (Lipinski definition) is 2. The van der Waals surface area contributed by atoms with E-state index in [1.165, 1.54) is 0 Å². The van der Waals surface area contributed by atoms with Crippen molar-refractivity contribution in [2.45, 2.75) is 32.7 Å². The average molecular weight is 213 g/mol. The van der Waals surface area contributed by atoms with Crippen molar-refractivity contribution in [2.24, 2.45) is 11.7 Å². The minimum atomic E-state index is -0.308. The molecule has 0 aromatic rings. The van der Waals surface area contributed by atoms with E-state index in [0.717, 1.165) is 12.8 Å². The number of likely N-dealkylation sites (tertiary alicyclic amines) is 1. The maximum atomic E-state index is 11.6. The first-order valence-corrected chi connectivity index (χ1v) is 5.35. The number of nitrogens with two attached hydrogens (primary N) is 1. The minimum Gasteiger partial charge on any atom is -0.369 e. The predicted molar refractivity (Wildman–Crippen MR) is 57.2 cm³/mol. The monoisotopic (exact) mass is 213 g/mol. The summed E-state index contributed by atoms with van der Waals surface area (Å²) in [6.45, 7) is 4.98. The molecule has 1 saturated heterocycles. The van der Waals surface area contributed by atoms with Gasteiger partial charge in [0.25, 0.3) is 0 Å². The van der Waals surface area contributed by atoms with Crippen molar-refractivity contribution in [1.29, 1.82) is 0 Å². The number of piperidine rings is 1. The molecule has 1 fully saturated rings. The Hall–Kier alpha value is -1.26. The van der Waals surface area contributed by atoms with E-state index >= 15 is 0 Å². The highest BCUT2D eigenvalue weighted by atomic mass is 16.2. The second-order valence-corrected chi connectivity index (χ2v) is 4.29. The number of nitrogens with one attached hydrogen (secondary N) is 1. The molecule has 0 radical (unpaired) electrons. The first kappa shape index (κ1) is 11.8. The summed E-state index contributed by atoms with van der Waals surface area (Å²) in [5.41, 5.74) is 5.23. The van der Waals surface area contributed by atoms with Gasteiger partial charge in [0.15, 0.2) is 0 Å². The van der Waals surface area contributed by atoms with Crippen LogP contribution in [-0.2, 0) is 4.79 Å². The molecule has 3 N–H and O–H groups in total. The molecule has 0 aliphatic carbocycles. The Bertz CT molecular complexity index is 253.